The Bertz CT molecular complexity index is 259. The van der Waals surface area contributed by atoms with Gasteiger partial charge in [-0.15, -0.1) is 0 Å². The Morgan fingerprint density at radius 2 is 1.95 bits per heavy atom. The lowest BCUT2D eigenvalue weighted by molar-refractivity contribution is -0.0235. The molecule has 20 heavy (non-hydrogen) atoms. The second-order valence-corrected chi connectivity index (χ2v) is 7.70. The smallest absolute Gasteiger partial charge is 0.0897 e. The van der Waals surface area contributed by atoms with Crippen LogP contribution in [0.4, 0.5) is 0 Å². The highest BCUT2D eigenvalue weighted by Gasteiger charge is 2.27. The number of hydrogen-bond acceptors (Lipinski definition) is 4. The molecule has 4 heteroatoms. The number of ether oxygens (including phenoxy) is 1. The fourth-order valence-corrected chi connectivity index (χ4v) is 4.62. The van der Waals surface area contributed by atoms with Crippen LogP contribution in [-0.4, -0.2) is 47.5 Å². The van der Waals surface area contributed by atoms with E-state index in [4.69, 9.17) is 4.74 Å². The number of aliphatic hydroxyl groups is 1. The van der Waals surface area contributed by atoms with Gasteiger partial charge >= 0.3 is 0 Å². The minimum Gasteiger partial charge on any atom is -0.389 e. The second kappa shape index (κ2) is 9.29. The molecule has 0 saturated heterocycles. The van der Waals surface area contributed by atoms with E-state index in [1.807, 2.05) is 0 Å². The van der Waals surface area contributed by atoms with Crippen molar-refractivity contribution in [2.75, 3.05) is 18.9 Å². The summed E-state index contributed by atoms with van der Waals surface area (Å²) in [5, 5.41) is 14.4. The van der Waals surface area contributed by atoms with E-state index in [1.165, 1.54) is 57.1 Å². The first-order valence-corrected chi connectivity index (χ1v) is 9.49. The number of thioether (sulfide) groups is 1. The Kier molecular flexibility index (Phi) is 7.71. The summed E-state index contributed by atoms with van der Waals surface area (Å²) in [6, 6.07) is 0.587. The summed E-state index contributed by atoms with van der Waals surface area (Å²) >= 11 is 2.06. The normalized spacial score (nSPS) is 29.7. The molecule has 0 heterocycles. The van der Waals surface area contributed by atoms with Crippen molar-refractivity contribution in [2.24, 2.45) is 0 Å². The van der Waals surface area contributed by atoms with Crippen LogP contribution in [0.1, 0.15) is 58.3 Å². The van der Waals surface area contributed by atoms with Crippen molar-refractivity contribution in [1.82, 2.24) is 5.32 Å². The van der Waals surface area contributed by atoms with Gasteiger partial charge in [-0.3, -0.25) is 0 Å². The molecule has 2 N–H and O–H groups in total. The predicted molar refractivity (Wildman–Crippen MR) is 86.4 cm³/mol. The Morgan fingerprint density at radius 1 is 1.15 bits per heavy atom. The van der Waals surface area contributed by atoms with Crippen LogP contribution in [0.25, 0.3) is 0 Å². The third-order valence-electron chi connectivity index (χ3n) is 4.53. The monoisotopic (exact) mass is 301 g/mol. The molecular weight excluding hydrogens is 270 g/mol. The standard InChI is InChI=1S/C16H31NO2S/c1-2-20-16-10-6-9-15(16)17-11-13(18)12-19-14-7-4-3-5-8-14/h13-18H,2-12H2,1H3. The lowest BCUT2D eigenvalue weighted by Crippen LogP contribution is -2.41. The van der Waals surface area contributed by atoms with E-state index in [0.29, 0.717) is 25.3 Å². The van der Waals surface area contributed by atoms with Crippen LogP contribution in [0.3, 0.4) is 0 Å². The van der Waals surface area contributed by atoms with E-state index >= 15 is 0 Å². The lowest BCUT2D eigenvalue weighted by Gasteiger charge is -2.25. The van der Waals surface area contributed by atoms with E-state index in [2.05, 4.69) is 24.0 Å². The zero-order chi connectivity index (χ0) is 14.2. The van der Waals surface area contributed by atoms with Crippen molar-refractivity contribution < 1.29 is 9.84 Å². The Labute approximate surface area is 128 Å². The molecule has 0 aromatic heterocycles. The van der Waals surface area contributed by atoms with Gasteiger partial charge in [0, 0.05) is 17.8 Å². The van der Waals surface area contributed by atoms with Gasteiger partial charge in [-0.2, -0.15) is 11.8 Å². The number of hydrogen-bond donors (Lipinski definition) is 2. The van der Waals surface area contributed by atoms with E-state index in [0.717, 1.165) is 5.25 Å². The predicted octanol–water partition coefficient (Wildman–Crippen LogP) is 2.96. The number of aliphatic hydroxyl groups excluding tert-OH is 1. The van der Waals surface area contributed by atoms with Crippen molar-refractivity contribution in [3.8, 4) is 0 Å². The summed E-state index contributed by atoms with van der Waals surface area (Å²) < 4.78 is 5.84. The second-order valence-electron chi connectivity index (χ2n) is 6.19. The quantitative estimate of drug-likeness (QED) is 0.723. The van der Waals surface area contributed by atoms with Crippen LogP contribution >= 0.6 is 11.8 Å². The van der Waals surface area contributed by atoms with Crippen molar-refractivity contribution in [3.05, 3.63) is 0 Å². The molecule has 118 valence electrons. The fraction of sp³-hybridized carbons (Fsp3) is 1.00. The summed E-state index contributed by atoms with van der Waals surface area (Å²) in [7, 11) is 0. The molecule has 2 aliphatic rings. The summed E-state index contributed by atoms with van der Waals surface area (Å²) in [4.78, 5) is 0. The highest BCUT2D eigenvalue weighted by molar-refractivity contribution is 7.99. The average Bonchev–Trinajstić information content (AvgIpc) is 2.92. The summed E-state index contributed by atoms with van der Waals surface area (Å²) in [6.45, 7) is 3.40. The molecule has 0 bridgehead atoms. The molecule has 2 saturated carbocycles. The topological polar surface area (TPSA) is 41.5 Å². The summed E-state index contributed by atoms with van der Waals surface area (Å²) in [5.41, 5.74) is 0. The first kappa shape index (κ1) is 16.6. The molecule has 3 unspecified atom stereocenters. The highest BCUT2D eigenvalue weighted by atomic mass is 32.2. The molecule has 3 nitrogen and oxygen atoms in total. The molecule has 0 spiro atoms. The lowest BCUT2D eigenvalue weighted by atomic mass is 9.98. The van der Waals surface area contributed by atoms with Crippen LogP contribution in [0.5, 0.6) is 0 Å². The van der Waals surface area contributed by atoms with Gasteiger partial charge in [-0.05, 0) is 31.4 Å². The van der Waals surface area contributed by atoms with Gasteiger partial charge in [0.15, 0.2) is 0 Å². The zero-order valence-electron chi connectivity index (χ0n) is 12.9. The van der Waals surface area contributed by atoms with Gasteiger partial charge in [0.25, 0.3) is 0 Å². The molecule has 0 aliphatic heterocycles. The molecule has 0 aromatic rings. The Balaban J connectivity index is 1.58. The molecule has 2 aliphatic carbocycles. The van der Waals surface area contributed by atoms with Gasteiger partial charge in [0.1, 0.15) is 0 Å². The third kappa shape index (κ3) is 5.55. The number of rotatable bonds is 8. The van der Waals surface area contributed by atoms with Crippen LogP contribution in [-0.2, 0) is 4.74 Å². The maximum atomic E-state index is 10.1. The average molecular weight is 301 g/mol. The van der Waals surface area contributed by atoms with E-state index in [1.54, 1.807) is 0 Å². The Hall–Kier alpha value is 0.230. The van der Waals surface area contributed by atoms with Crippen LogP contribution in [0.2, 0.25) is 0 Å². The van der Waals surface area contributed by atoms with Gasteiger partial charge < -0.3 is 15.2 Å². The zero-order valence-corrected chi connectivity index (χ0v) is 13.7. The Morgan fingerprint density at radius 3 is 2.70 bits per heavy atom. The molecule has 0 radical (unpaired) electrons. The first-order chi connectivity index (χ1) is 9.79. The molecule has 0 aromatic carbocycles. The minimum absolute atomic E-state index is 0.357. The largest absolute Gasteiger partial charge is 0.389 e. The maximum Gasteiger partial charge on any atom is 0.0897 e. The third-order valence-corrected chi connectivity index (χ3v) is 5.85. The highest BCUT2D eigenvalue weighted by Crippen LogP contribution is 2.29. The van der Waals surface area contributed by atoms with Crippen LogP contribution in [0.15, 0.2) is 0 Å². The van der Waals surface area contributed by atoms with Gasteiger partial charge in [-0.1, -0.05) is 32.6 Å². The van der Waals surface area contributed by atoms with Gasteiger partial charge in [0.05, 0.1) is 18.8 Å². The molecule has 2 fully saturated rings. The van der Waals surface area contributed by atoms with E-state index < -0.39 is 0 Å². The van der Waals surface area contributed by atoms with E-state index in [9.17, 15) is 5.11 Å². The summed E-state index contributed by atoms with van der Waals surface area (Å²) in [6.07, 6.45) is 10.2. The number of nitrogens with one attached hydrogen (secondary N) is 1. The van der Waals surface area contributed by atoms with Crippen molar-refractivity contribution >= 4 is 11.8 Å². The fourth-order valence-electron chi connectivity index (χ4n) is 3.40. The van der Waals surface area contributed by atoms with Crippen LogP contribution in [0, 0.1) is 0 Å². The first-order valence-electron chi connectivity index (χ1n) is 8.44. The molecular formula is C16H31NO2S. The molecule has 2 rings (SSSR count). The molecule has 3 atom stereocenters. The SMILES string of the molecule is CCSC1CCCC1NCC(O)COC1CCCCC1. The van der Waals surface area contributed by atoms with Crippen LogP contribution < -0.4 is 5.32 Å². The van der Waals surface area contributed by atoms with Gasteiger partial charge in [-0.25, -0.2) is 0 Å². The van der Waals surface area contributed by atoms with Crippen molar-refractivity contribution in [1.29, 1.82) is 0 Å². The summed E-state index contributed by atoms with van der Waals surface area (Å²) in [5.74, 6) is 1.19. The van der Waals surface area contributed by atoms with Crippen molar-refractivity contribution in [2.45, 2.75) is 81.8 Å². The maximum absolute atomic E-state index is 10.1. The minimum atomic E-state index is -0.357. The molecule has 0 amide bonds. The van der Waals surface area contributed by atoms with Gasteiger partial charge in [0.2, 0.25) is 0 Å². The van der Waals surface area contributed by atoms with E-state index in [-0.39, 0.29) is 6.10 Å². The van der Waals surface area contributed by atoms with Crippen molar-refractivity contribution in [3.63, 3.8) is 0 Å².